The van der Waals surface area contributed by atoms with Crippen LogP contribution in [0.4, 0.5) is 0 Å². The van der Waals surface area contributed by atoms with Crippen molar-refractivity contribution in [3.63, 3.8) is 0 Å². The van der Waals surface area contributed by atoms with Gasteiger partial charge in [-0.3, -0.25) is 9.48 Å². The van der Waals surface area contributed by atoms with Gasteiger partial charge in [0.05, 0.1) is 12.2 Å². The number of hydrogen-bond donors (Lipinski definition) is 0. The van der Waals surface area contributed by atoms with E-state index in [2.05, 4.69) is 34.7 Å². The summed E-state index contributed by atoms with van der Waals surface area (Å²) < 4.78 is 2.21. The molecule has 1 aromatic heterocycles. The molecule has 1 spiro atoms. The van der Waals surface area contributed by atoms with Crippen molar-refractivity contribution < 1.29 is 4.79 Å². The normalized spacial score (nSPS) is 32.1. The van der Waals surface area contributed by atoms with Crippen LogP contribution in [0.1, 0.15) is 83.7 Å². The fraction of sp³-hybridized carbons (Fsp3) is 0.826. The zero-order valence-electron chi connectivity index (χ0n) is 17.7. The average molecular weight is 372 g/mol. The van der Waals surface area contributed by atoms with E-state index < -0.39 is 0 Å². The monoisotopic (exact) mass is 371 g/mol. The van der Waals surface area contributed by atoms with Gasteiger partial charge in [0.15, 0.2) is 0 Å². The van der Waals surface area contributed by atoms with Gasteiger partial charge in [0, 0.05) is 37.7 Å². The molecule has 0 amide bonds. The van der Waals surface area contributed by atoms with Crippen LogP contribution in [0.15, 0.2) is 12.4 Å². The van der Waals surface area contributed by atoms with Crippen molar-refractivity contribution in [3.8, 4) is 0 Å². The van der Waals surface area contributed by atoms with Crippen LogP contribution in [-0.4, -0.2) is 40.1 Å². The molecule has 0 N–H and O–H groups in total. The maximum atomic E-state index is 12.1. The lowest BCUT2D eigenvalue weighted by molar-refractivity contribution is -0.142. The van der Waals surface area contributed by atoms with Crippen molar-refractivity contribution in [2.75, 3.05) is 19.6 Å². The Hall–Kier alpha value is -1.16. The molecular weight excluding hydrogens is 334 g/mol. The molecule has 150 valence electrons. The summed E-state index contributed by atoms with van der Waals surface area (Å²) in [4.78, 5) is 14.8. The fourth-order valence-corrected chi connectivity index (χ4v) is 5.87. The highest BCUT2D eigenvalue weighted by molar-refractivity contribution is 5.83. The Bertz CT molecular complexity index is 655. The van der Waals surface area contributed by atoms with Crippen LogP contribution in [0.3, 0.4) is 0 Å². The molecule has 27 heavy (non-hydrogen) atoms. The molecule has 2 heterocycles. The van der Waals surface area contributed by atoms with E-state index in [9.17, 15) is 4.79 Å². The first-order valence-electron chi connectivity index (χ1n) is 11.2. The number of ketones is 1. The second-order valence-electron chi connectivity index (χ2n) is 10.4. The van der Waals surface area contributed by atoms with Crippen LogP contribution in [0.25, 0.3) is 0 Å². The molecule has 2 aliphatic carbocycles. The van der Waals surface area contributed by atoms with Gasteiger partial charge in [-0.25, -0.2) is 0 Å². The summed E-state index contributed by atoms with van der Waals surface area (Å²) in [5.41, 5.74) is 1.91. The third-order valence-electron chi connectivity index (χ3n) is 7.51. The van der Waals surface area contributed by atoms with Gasteiger partial charge in [-0.05, 0) is 61.3 Å². The number of likely N-dealkylation sites (tertiary alicyclic amines) is 1. The average Bonchev–Trinajstić information content (AvgIpc) is 3.06. The van der Waals surface area contributed by atoms with E-state index >= 15 is 0 Å². The molecule has 1 aliphatic heterocycles. The van der Waals surface area contributed by atoms with Crippen LogP contribution >= 0.6 is 0 Å². The minimum atomic E-state index is 0.218. The number of carbonyl (C=O) groups excluding carboxylic acids is 1. The number of rotatable bonds is 6. The van der Waals surface area contributed by atoms with Crippen LogP contribution < -0.4 is 0 Å². The molecule has 4 nitrogen and oxygen atoms in total. The molecule has 2 saturated carbocycles. The first-order valence-corrected chi connectivity index (χ1v) is 11.2. The largest absolute Gasteiger partial charge is 0.303 e. The zero-order valence-corrected chi connectivity index (χ0v) is 17.7. The lowest BCUT2D eigenvalue weighted by Crippen LogP contribution is -2.53. The zero-order chi connectivity index (χ0) is 19.2. The maximum absolute atomic E-state index is 12.1. The molecule has 4 heteroatoms. The first kappa shape index (κ1) is 19.2. The van der Waals surface area contributed by atoms with Crippen LogP contribution in [-0.2, 0) is 4.79 Å². The number of hydrogen-bond acceptors (Lipinski definition) is 3. The Labute approximate surface area is 164 Å². The smallest absolute Gasteiger partial charge is 0.138 e. The van der Waals surface area contributed by atoms with E-state index in [1.54, 1.807) is 0 Å². The second-order valence-corrected chi connectivity index (χ2v) is 10.4. The summed E-state index contributed by atoms with van der Waals surface area (Å²) in [7, 11) is 0. The highest BCUT2D eigenvalue weighted by atomic mass is 16.1. The van der Waals surface area contributed by atoms with Crippen molar-refractivity contribution in [3.05, 3.63) is 18.0 Å². The summed E-state index contributed by atoms with van der Waals surface area (Å²) in [6, 6.07) is 0.580. The van der Waals surface area contributed by atoms with Crippen LogP contribution in [0.5, 0.6) is 0 Å². The number of nitrogens with zero attached hydrogens (tertiary/aromatic N) is 3. The molecule has 3 aliphatic rings. The molecule has 0 unspecified atom stereocenters. The van der Waals surface area contributed by atoms with Gasteiger partial charge in [0.2, 0.25) is 0 Å². The molecule has 4 rings (SSSR count). The second kappa shape index (κ2) is 7.35. The molecule has 0 aromatic carbocycles. The SMILES string of the molecule is CC(C)c1cnn(C2CCN(C[C@H]3CC4(C3)C[C@H](C(=O)C(C)C)C4)CC2)c1. The summed E-state index contributed by atoms with van der Waals surface area (Å²) in [5.74, 6) is 2.54. The van der Waals surface area contributed by atoms with Gasteiger partial charge in [0.1, 0.15) is 5.78 Å². The van der Waals surface area contributed by atoms with E-state index in [0.717, 1.165) is 5.92 Å². The van der Waals surface area contributed by atoms with E-state index in [1.807, 2.05) is 20.0 Å². The quantitative estimate of drug-likeness (QED) is 0.729. The maximum Gasteiger partial charge on any atom is 0.138 e. The predicted octanol–water partition coefficient (Wildman–Crippen LogP) is 4.67. The van der Waals surface area contributed by atoms with Crippen molar-refractivity contribution >= 4 is 5.78 Å². The molecule has 1 saturated heterocycles. The molecule has 0 radical (unpaired) electrons. The number of aromatic nitrogens is 2. The van der Waals surface area contributed by atoms with Gasteiger partial charge in [-0.2, -0.15) is 5.10 Å². The first-order chi connectivity index (χ1) is 12.8. The predicted molar refractivity (Wildman–Crippen MR) is 109 cm³/mol. The van der Waals surface area contributed by atoms with Gasteiger partial charge in [0.25, 0.3) is 0 Å². The van der Waals surface area contributed by atoms with Crippen LogP contribution in [0, 0.1) is 23.2 Å². The van der Waals surface area contributed by atoms with Crippen molar-refractivity contribution in [2.24, 2.45) is 23.2 Å². The van der Waals surface area contributed by atoms with Crippen molar-refractivity contribution in [2.45, 2.75) is 78.2 Å². The fourth-order valence-electron chi connectivity index (χ4n) is 5.87. The van der Waals surface area contributed by atoms with Crippen molar-refractivity contribution in [1.29, 1.82) is 0 Å². The van der Waals surface area contributed by atoms with E-state index in [-0.39, 0.29) is 5.92 Å². The molecule has 3 fully saturated rings. The van der Waals surface area contributed by atoms with Gasteiger partial charge < -0.3 is 4.90 Å². The van der Waals surface area contributed by atoms with Gasteiger partial charge in [-0.1, -0.05) is 27.7 Å². The highest BCUT2D eigenvalue weighted by Crippen LogP contribution is 2.61. The van der Waals surface area contributed by atoms with E-state index in [1.165, 1.54) is 63.7 Å². The molecule has 1 aromatic rings. The Morgan fingerprint density at radius 3 is 2.37 bits per heavy atom. The minimum Gasteiger partial charge on any atom is -0.303 e. The molecule has 0 bridgehead atoms. The summed E-state index contributed by atoms with van der Waals surface area (Å²) >= 11 is 0. The van der Waals surface area contributed by atoms with Crippen molar-refractivity contribution in [1.82, 2.24) is 14.7 Å². The van der Waals surface area contributed by atoms with Gasteiger partial charge in [-0.15, -0.1) is 0 Å². The van der Waals surface area contributed by atoms with E-state index in [0.29, 0.717) is 29.1 Å². The van der Waals surface area contributed by atoms with Crippen LogP contribution in [0.2, 0.25) is 0 Å². The Kier molecular flexibility index (Phi) is 5.22. The topological polar surface area (TPSA) is 38.1 Å². The summed E-state index contributed by atoms with van der Waals surface area (Å²) in [5, 5.41) is 4.62. The molecule has 0 atom stereocenters. The standard InChI is InChI=1S/C23H37N3O/c1-16(2)20-13-24-26(15-20)21-5-7-25(8-6-21)14-18-9-23(10-18)11-19(12-23)22(27)17(3)4/h13,15-19,21H,5-12,14H2,1-4H3/t18-,19-,23?. The lowest BCUT2D eigenvalue weighted by Gasteiger charge is -2.58. The third kappa shape index (κ3) is 3.87. The lowest BCUT2D eigenvalue weighted by atomic mass is 9.47. The Balaban J connectivity index is 1.18. The minimum absolute atomic E-state index is 0.218. The summed E-state index contributed by atoms with van der Waals surface area (Å²) in [6.45, 7) is 12.3. The third-order valence-corrected chi connectivity index (χ3v) is 7.51. The highest BCUT2D eigenvalue weighted by Gasteiger charge is 2.54. The summed E-state index contributed by atoms with van der Waals surface area (Å²) in [6.07, 6.45) is 11.8. The number of carbonyl (C=O) groups is 1. The number of piperidine rings is 1. The Morgan fingerprint density at radius 1 is 1.15 bits per heavy atom. The molecular formula is C23H37N3O. The van der Waals surface area contributed by atoms with E-state index in [4.69, 9.17) is 0 Å². The Morgan fingerprint density at radius 2 is 1.81 bits per heavy atom. The van der Waals surface area contributed by atoms with Gasteiger partial charge >= 0.3 is 0 Å². The number of Topliss-reactive ketones (excluding diaryl/α,β-unsaturated/α-hetero) is 1.